The summed E-state index contributed by atoms with van der Waals surface area (Å²) in [6, 6.07) is 22.5. The topological polar surface area (TPSA) is 120 Å². The van der Waals surface area contributed by atoms with E-state index in [0.29, 0.717) is 42.0 Å². The molecule has 0 saturated carbocycles. The van der Waals surface area contributed by atoms with E-state index in [9.17, 15) is 19.2 Å². The lowest BCUT2D eigenvalue weighted by molar-refractivity contribution is -0.125. The van der Waals surface area contributed by atoms with E-state index in [2.05, 4.69) is 10.6 Å². The number of nitrogens with one attached hydrogen (secondary N) is 2. The normalized spacial score (nSPS) is 18.2. The van der Waals surface area contributed by atoms with E-state index in [1.54, 1.807) is 39.0 Å². The smallest absolute Gasteiger partial charge is 0.410 e. The van der Waals surface area contributed by atoms with E-state index in [4.69, 9.17) is 9.73 Å². The molecule has 2 aliphatic rings. The van der Waals surface area contributed by atoms with E-state index in [1.165, 1.54) is 9.80 Å². The summed E-state index contributed by atoms with van der Waals surface area (Å²) in [5.74, 6) is -0.874. The van der Waals surface area contributed by atoms with Crippen LogP contribution in [0.4, 0.5) is 21.0 Å². The van der Waals surface area contributed by atoms with Crippen LogP contribution in [0.1, 0.15) is 50.3 Å². The fourth-order valence-corrected chi connectivity index (χ4v) is 5.43. The number of carbonyl (C=O) groups excluding carboxylic acids is 4. The number of aliphatic imine (C=N–C) groups is 1. The van der Waals surface area contributed by atoms with Crippen molar-refractivity contribution in [3.63, 3.8) is 0 Å². The second kappa shape index (κ2) is 12.7. The van der Waals surface area contributed by atoms with E-state index in [1.807, 2.05) is 67.6 Å². The number of urea groups is 1. The van der Waals surface area contributed by atoms with Gasteiger partial charge in [0.15, 0.2) is 5.78 Å². The van der Waals surface area contributed by atoms with Crippen LogP contribution in [0, 0.1) is 6.92 Å². The maximum Gasteiger partial charge on any atom is 0.410 e. The number of anilines is 2. The molecule has 4 amide bonds. The minimum atomic E-state index is -1.33. The minimum absolute atomic E-state index is 0.303. The number of rotatable bonds is 6. The first-order valence-corrected chi connectivity index (χ1v) is 14.7. The van der Waals surface area contributed by atoms with Crippen molar-refractivity contribution in [1.82, 2.24) is 10.2 Å². The van der Waals surface area contributed by atoms with Gasteiger partial charge in [-0.3, -0.25) is 14.5 Å². The van der Waals surface area contributed by atoms with Crippen molar-refractivity contribution in [2.45, 2.75) is 58.3 Å². The van der Waals surface area contributed by atoms with Crippen molar-refractivity contribution >= 4 is 40.9 Å². The van der Waals surface area contributed by atoms with Crippen molar-refractivity contribution in [1.29, 1.82) is 0 Å². The van der Waals surface area contributed by atoms with Gasteiger partial charge in [0.2, 0.25) is 6.17 Å². The molecule has 44 heavy (non-hydrogen) atoms. The molecule has 3 aromatic carbocycles. The Labute approximate surface area is 257 Å². The number of likely N-dealkylation sites (tertiary alicyclic amines) is 1. The van der Waals surface area contributed by atoms with Gasteiger partial charge in [-0.05, 0) is 64.3 Å². The molecule has 0 aliphatic carbocycles. The molecule has 10 nitrogen and oxygen atoms in total. The Morgan fingerprint density at radius 3 is 2.43 bits per heavy atom. The third-order valence-corrected chi connectivity index (χ3v) is 7.37. The Balaban J connectivity index is 1.48. The second-order valence-electron chi connectivity index (χ2n) is 12.0. The van der Waals surface area contributed by atoms with Crippen LogP contribution < -0.4 is 15.5 Å². The minimum Gasteiger partial charge on any atom is -0.444 e. The fourth-order valence-electron chi connectivity index (χ4n) is 5.43. The highest BCUT2D eigenvalue weighted by atomic mass is 16.6. The van der Waals surface area contributed by atoms with Gasteiger partial charge in [-0.1, -0.05) is 60.7 Å². The number of ketones is 1. The number of hydrogen-bond donors (Lipinski definition) is 2. The Morgan fingerprint density at radius 1 is 0.977 bits per heavy atom. The zero-order chi connectivity index (χ0) is 31.4. The molecule has 3 aromatic rings. The molecule has 2 aliphatic heterocycles. The number of benzodiazepines with no additional fused rings is 1. The van der Waals surface area contributed by atoms with Crippen LogP contribution in [0.3, 0.4) is 0 Å². The molecule has 2 atom stereocenters. The van der Waals surface area contributed by atoms with Crippen LogP contribution in [-0.4, -0.2) is 65.3 Å². The van der Waals surface area contributed by atoms with Crippen molar-refractivity contribution in [2.75, 3.05) is 23.3 Å². The van der Waals surface area contributed by atoms with Crippen LogP contribution in [0.25, 0.3) is 0 Å². The van der Waals surface area contributed by atoms with Crippen molar-refractivity contribution in [3.8, 4) is 0 Å². The monoisotopic (exact) mass is 595 g/mol. The van der Waals surface area contributed by atoms with E-state index >= 15 is 0 Å². The average molecular weight is 596 g/mol. The Bertz CT molecular complexity index is 1600. The maximum atomic E-state index is 14.2. The second-order valence-corrected chi connectivity index (χ2v) is 12.0. The molecule has 0 aromatic heterocycles. The summed E-state index contributed by atoms with van der Waals surface area (Å²) in [5, 5.41) is 5.48. The van der Waals surface area contributed by atoms with Crippen molar-refractivity contribution in [3.05, 3.63) is 95.6 Å². The third-order valence-electron chi connectivity index (χ3n) is 7.37. The highest BCUT2D eigenvalue weighted by Crippen LogP contribution is 2.30. The summed E-state index contributed by atoms with van der Waals surface area (Å²) in [7, 11) is 0. The van der Waals surface area contributed by atoms with Crippen molar-refractivity contribution < 1.29 is 23.9 Å². The van der Waals surface area contributed by atoms with Gasteiger partial charge in [0.1, 0.15) is 5.60 Å². The van der Waals surface area contributed by atoms with Gasteiger partial charge in [0, 0.05) is 23.4 Å². The number of para-hydroxylation sites is 1. The van der Waals surface area contributed by atoms with Crippen LogP contribution >= 0.6 is 0 Å². The van der Waals surface area contributed by atoms with Crippen LogP contribution in [-0.2, 0) is 14.3 Å². The summed E-state index contributed by atoms with van der Waals surface area (Å²) in [6.45, 7) is 7.32. The number of benzene rings is 3. The molecule has 0 bridgehead atoms. The third kappa shape index (κ3) is 6.96. The predicted molar refractivity (Wildman–Crippen MR) is 169 cm³/mol. The number of hydrogen-bond acceptors (Lipinski definition) is 6. The number of amides is 4. The van der Waals surface area contributed by atoms with Gasteiger partial charge in [-0.15, -0.1) is 0 Å². The van der Waals surface area contributed by atoms with Gasteiger partial charge in [0.05, 0.1) is 24.0 Å². The summed E-state index contributed by atoms with van der Waals surface area (Å²) in [4.78, 5) is 61.7. The Hall–Kier alpha value is -4.99. The molecule has 1 saturated heterocycles. The van der Waals surface area contributed by atoms with Gasteiger partial charge < -0.3 is 20.3 Å². The zero-order valence-electron chi connectivity index (χ0n) is 25.4. The summed E-state index contributed by atoms with van der Waals surface area (Å²) < 4.78 is 5.55. The van der Waals surface area contributed by atoms with Crippen molar-refractivity contribution in [2.24, 2.45) is 4.99 Å². The lowest BCUT2D eigenvalue weighted by atomic mass is 10.00. The van der Waals surface area contributed by atoms with Gasteiger partial charge in [-0.2, -0.15) is 0 Å². The first kappa shape index (κ1) is 30.5. The lowest BCUT2D eigenvalue weighted by Crippen LogP contribution is -2.52. The maximum absolute atomic E-state index is 14.2. The zero-order valence-corrected chi connectivity index (χ0v) is 25.4. The molecular formula is C34H37N5O5. The van der Waals surface area contributed by atoms with Crippen LogP contribution in [0.15, 0.2) is 83.9 Å². The quantitative estimate of drug-likeness (QED) is 0.401. The molecule has 0 unspecified atom stereocenters. The van der Waals surface area contributed by atoms with Gasteiger partial charge in [-0.25, -0.2) is 14.6 Å². The lowest BCUT2D eigenvalue weighted by Gasteiger charge is -2.30. The molecule has 2 N–H and O–H groups in total. The first-order valence-electron chi connectivity index (χ1n) is 14.7. The molecule has 2 heterocycles. The highest BCUT2D eigenvalue weighted by molar-refractivity contribution is 6.21. The SMILES string of the molecule is Cc1cccc(NC(=O)N[C@@H]2N=C(c3ccccc3)c3ccccc3N(CC(=O)[C@H]3CCCN3C(=O)OC(C)(C)C)C2=O)c1. The largest absolute Gasteiger partial charge is 0.444 e. The molecule has 10 heteroatoms. The Morgan fingerprint density at radius 2 is 1.70 bits per heavy atom. The molecule has 0 spiro atoms. The number of aryl methyl sites for hydroxylation is 1. The van der Waals surface area contributed by atoms with E-state index < -0.39 is 35.8 Å². The highest BCUT2D eigenvalue weighted by Gasteiger charge is 2.40. The number of carbonyl (C=O) groups is 4. The molecule has 0 radical (unpaired) electrons. The van der Waals surface area contributed by atoms with E-state index in [0.717, 1.165) is 11.1 Å². The summed E-state index contributed by atoms with van der Waals surface area (Å²) >= 11 is 0. The molecule has 5 rings (SSSR count). The number of ether oxygens (including phenoxy) is 1. The summed E-state index contributed by atoms with van der Waals surface area (Å²) in [6.07, 6.45) is -0.780. The average Bonchev–Trinajstić information content (AvgIpc) is 3.44. The number of nitrogens with zero attached hydrogens (tertiary/aromatic N) is 3. The first-order chi connectivity index (χ1) is 21.0. The fraction of sp³-hybridized carbons (Fsp3) is 0.324. The van der Waals surface area contributed by atoms with Crippen LogP contribution in [0.2, 0.25) is 0 Å². The Kier molecular flexibility index (Phi) is 8.80. The molecule has 1 fully saturated rings. The number of Topliss-reactive ketones (excluding diaryl/α,β-unsaturated/α-hetero) is 1. The standard InChI is InChI=1S/C34H37N5O5/c1-22-12-10-15-24(20-22)35-32(42)37-30-31(41)39(21-28(40)27-18-11-19-38(27)33(43)44-34(2,3)4)26-17-9-8-16-25(26)29(36-30)23-13-6-5-7-14-23/h5-10,12-17,20,27,30H,11,18-19,21H2,1-4H3,(H2,35,37,42)/t27-,30+/m1/s1. The van der Waals surface area contributed by atoms with Crippen LogP contribution in [0.5, 0.6) is 0 Å². The number of fused-ring (bicyclic) bond motifs is 1. The van der Waals surface area contributed by atoms with E-state index in [-0.39, 0.29) is 12.3 Å². The molecule has 228 valence electrons. The van der Waals surface area contributed by atoms with Gasteiger partial charge in [0.25, 0.3) is 5.91 Å². The molecular weight excluding hydrogens is 558 g/mol. The van der Waals surface area contributed by atoms with Gasteiger partial charge >= 0.3 is 12.1 Å². The predicted octanol–water partition coefficient (Wildman–Crippen LogP) is 5.30. The summed E-state index contributed by atoms with van der Waals surface area (Å²) in [5.41, 5.74) is 3.19.